The summed E-state index contributed by atoms with van der Waals surface area (Å²) < 4.78 is 39.5. The Balaban J connectivity index is 1.74. The van der Waals surface area contributed by atoms with Gasteiger partial charge in [-0.25, -0.2) is 8.78 Å². The predicted molar refractivity (Wildman–Crippen MR) is 149 cm³/mol. The summed E-state index contributed by atoms with van der Waals surface area (Å²) in [5.41, 5.74) is 2.43. The molecule has 0 aliphatic heterocycles. The van der Waals surface area contributed by atoms with Crippen molar-refractivity contribution >= 4 is 5.91 Å². The SMILES string of the molecule is C=CCCCC(=O)N[C@@H](Cc1cc(F)cc(F)c1)[C@H](O)CNC1CC(OCC=C)c2ccc(OCCC)cc21. The lowest BCUT2D eigenvalue weighted by molar-refractivity contribution is -0.122. The van der Waals surface area contributed by atoms with Crippen molar-refractivity contribution in [2.24, 2.45) is 0 Å². The number of unbranched alkanes of at least 4 members (excludes halogenated alkanes) is 1. The topological polar surface area (TPSA) is 79.8 Å². The Morgan fingerprint density at radius 2 is 1.92 bits per heavy atom. The van der Waals surface area contributed by atoms with Crippen molar-refractivity contribution < 1.29 is 28.2 Å². The van der Waals surface area contributed by atoms with Gasteiger partial charge in [0.2, 0.25) is 5.91 Å². The van der Waals surface area contributed by atoms with Crippen LogP contribution in [0, 0.1) is 11.6 Å². The number of hydrogen-bond acceptors (Lipinski definition) is 5. The molecule has 3 rings (SSSR count). The average molecular weight is 543 g/mol. The lowest BCUT2D eigenvalue weighted by Gasteiger charge is -2.26. The maximum absolute atomic E-state index is 13.8. The van der Waals surface area contributed by atoms with E-state index in [0.717, 1.165) is 29.4 Å². The highest BCUT2D eigenvalue weighted by atomic mass is 19.1. The third-order valence-electron chi connectivity index (χ3n) is 6.69. The zero-order valence-electron chi connectivity index (χ0n) is 22.6. The minimum Gasteiger partial charge on any atom is -0.494 e. The second kappa shape index (κ2) is 15.5. The lowest BCUT2D eigenvalue weighted by Crippen LogP contribution is -2.49. The standard InChI is InChI=1S/C31H40F2N2O4/c1-4-7-8-9-31(37)35-28(16-21-14-22(32)17-23(33)15-21)29(36)20-34-27-19-30(39-13-6-3)25-11-10-24(18-26(25)27)38-12-5-2/h4,6,10-11,14-15,17-18,27-30,34,36H,1,3,5,7-9,12-13,16,19-20H2,2H3,(H,35,37)/t27?,28-,29+,30?/m0/s1. The number of amides is 1. The fraction of sp³-hybridized carbons (Fsp3) is 0.452. The second-order valence-corrected chi connectivity index (χ2v) is 9.85. The molecule has 1 aliphatic carbocycles. The molecule has 0 saturated carbocycles. The van der Waals surface area contributed by atoms with E-state index in [1.54, 1.807) is 12.2 Å². The fourth-order valence-electron chi connectivity index (χ4n) is 4.82. The number of aliphatic hydroxyl groups is 1. The smallest absolute Gasteiger partial charge is 0.220 e. The Morgan fingerprint density at radius 1 is 1.15 bits per heavy atom. The minimum absolute atomic E-state index is 0.0755. The van der Waals surface area contributed by atoms with Crippen LogP contribution in [0.5, 0.6) is 5.75 Å². The average Bonchev–Trinajstić information content (AvgIpc) is 3.25. The Labute approximate surface area is 230 Å². The van der Waals surface area contributed by atoms with E-state index >= 15 is 0 Å². The zero-order chi connectivity index (χ0) is 28.2. The van der Waals surface area contributed by atoms with Crippen LogP contribution in [-0.4, -0.2) is 42.9 Å². The summed E-state index contributed by atoms with van der Waals surface area (Å²) in [4.78, 5) is 12.6. The normalized spacial score (nSPS) is 17.7. The first-order valence-electron chi connectivity index (χ1n) is 13.6. The first kappa shape index (κ1) is 30.5. The number of carbonyl (C=O) groups is 1. The molecule has 4 atom stereocenters. The Hall–Kier alpha value is -3.07. The number of carbonyl (C=O) groups excluding carboxylic acids is 1. The van der Waals surface area contributed by atoms with E-state index in [4.69, 9.17) is 9.47 Å². The van der Waals surface area contributed by atoms with Crippen LogP contribution >= 0.6 is 0 Å². The summed E-state index contributed by atoms with van der Waals surface area (Å²) >= 11 is 0. The van der Waals surface area contributed by atoms with Crippen molar-refractivity contribution in [3.05, 3.63) is 90.0 Å². The van der Waals surface area contributed by atoms with Crippen LogP contribution in [-0.2, 0) is 16.0 Å². The van der Waals surface area contributed by atoms with Gasteiger partial charge in [0.1, 0.15) is 17.4 Å². The zero-order valence-corrected chi connectivity index (χ0v) is 22.6. The monoisotopic (exact) mass is 542 g/mol. The molecule has 2 aromatic carbocycles. The largest absolute Gasteiger partial charge is 0.494 e. The number of halogens is 2. The molecule has 0 aromatic heterocycles. The molecule has 0 bridgehead atoms. The highest BCUT2D eigenvalue weighted by Gasteiger charge is 2.33. The van der Waals surface area contributed by atoms with E-state index in [0.29, 0.717) is 38.0 Å². The van der Waals surface area contributed by atoms with Crippen LogP contribution in [0.1, 0.15) is 67.9 Å². The van der Waals surface area contributed by atoms with E-state index in [9.17, 15) is 18.7 Å². The van der Waals surface area contributed by atoms with Gasteiger partial charge >= 0.3 is 0 Å². The maximum Gasteiger partial charge on any atom is 0.220 e. The van der Waals surface area contributed by atoms with Crippen LogP contribution in [0.2, 0.25) is 0 Å². The molecule has 2 aromatic rings. The Morgan fingerprint density at radius 3 is 2.62 bits per heavy atom. The number of rotatable bonds is 17. The van der Waals surface area contributed by atoms with Crippen LogP contribution in [0.25, 0.3) is 0 Å². The molecule has 39 heavy (non-hydrogen) atoms. The highest BCUT2D eigenvalue weighted by molar-refractivity contribution is 5.76. The van der Waals surface area contributed by atoms with Gasteiger partial charge < -0.3 is 25.2 Å². The minimum atomic E-state index is -1.02. The van der Waals surface area contributed by atoms with E-state index in [1.807, 2.05) is 25.1 Å². The van der Waals surface area contributed by atoms with Gasteiger partial charge in [-0.05, 0) is 73.1 Å². The summed E-state index contributed by atoms with van der Waals surface area (Å²) in [6.45, 7) is 10.6. The molecule has 0 heterocycles. The molecule has 0 radical (unpaired) electrons. The number of aliphatic hydroxyl groups excluding tert-OH is 1. The van der Waals surface area contributed by atoms with Crippen molar-refractivity contribution in [3.8, 4) is 5.75 Å². The number of nitrogens with one attached hydrogen (secondary N) is 2. The predicted octanol–water partition coefficient (Wildman–Crippen LogP) is 5.48. The third kappa shape index (κ3) is 9.27. The summed E-state index contributed by atoms with van der Waals surface area (Å²) in [5, 5.41) is 17.4. The van der Waals surface area contributed by atoms with Crippen molar-refractivity contribution in [1.82, 2.24) is 10.6 Å². The van der Waals surface area contributed by atoms with Crippen molar-refractivity contribution in [2.45, 2.75) is 69.7 Å². The van der Waals surface area contributed by atoms with Crippen molar-refractivity contribution in [1.29, 1.82) is 0 Å². The fourth-order valence-corrected chi connectivity index (χ4v) is 4.82. The van der Waals surface area contributed by atoms with E-state index in [1.165, 1.54) is 12.1 Å². The van der Waals surface area contributed by atoms with Gasteiger partial charge in [0.15, 0.2) is 0 Å². The Kier molecular flexibility index (Phi) is 12.1. The van der Waals surface area contributed by atoms with Crippen molar-refractivity contribution in [2.75, 3.05) is 19.8 Å². The molecular weight excluding hydrogens is 502 g/mol. The van der Waals surface area contributed by atoms with Gasteiger partial charge in [0.25, 0.3) is 0 Å². The van der Waals surface area contributed by atoms with Crippen LogP contribution in [0.15, 0.2) is 61.7 Å². The molecule has 1 amide bonds. The van der Waals surface area contributed by atoms with E-state index in [-0.39, 0.29) is 37.4 Å². The molecule has 0 fully saturated rings. The molecule has 1 aliphatic rings. The van der Waals surface area contributed by atoms with E-state index < -0.39 is 23.8 Å². The maximum atomic E-state index is 13.8. The van der Waals surface area contributed by atoms with Gasteiger partial charge in [-0.1, -0.05) is 25.1 Å². The number of fused-ring (bicyclic) bond motifs is 1. The van der Waals surface area contributed by atoms with Gasteiger partial charge in [0, 0.05) is 25.1 Å². The Bertz CT molecular complexity index is 1090. The van der Waals surface area contributed by atoms with Gasteiger partial charge in [-0.15, -0.1) is 13.2 Å². The summed E-state index contributed by atoms with van der Waals surface area (Å²) in [6, 6.07) is 8.31. The quantitative estimate of drug-likeness (QED) is 0.182. The molecule has 6 nitrogen and oxygen atoms in total. The van der Waals surface area contributed by atoms with Gasteiger partial charge in [-0.3, -0.25) is 4.79 Å². The molecule has 212 valence electrons. The van der Waals surface area contributed by atoms with Crippen LogP contribution in [0.4, 0.5) is 8.78 Å². The second-order valence-electron chi connectivity index (χ2n) is 9.85. The lowest BCUT2D eigenvalue weighted by atomic mass is 9.99. The summed E-state index contributed by atoms with van der Waals surface area (Å²) in [6.07, 6.45) is 5.50. The molecule has 0 saturated heterocycles. The van der Waals surface area contributed by atoms with Crippen molar-refractivity contribution in [3.63, 3.8) is 0 Å². The van der Waals surface area contributed by atoms with Gasteiger partial charge in [0.05, 0.1) is 31.5 Å². The summed E-state index contributed by atoms with van der Waals surface area (Å²) in [7, 11) is 0. The molecule has 2 unspecified atom stereocenters. The third-order valence-corrected chi connectivity index (χ3v) is 6.69. The number of ether oxygens (including phenoxy) is 2. The number of allylic oxidation sites excluding steroid dienone is 1. The number of hydrogen-bond donors (Lipinski definition) is 3. The molecule has 0 spiro atoms. The van der Waals surface area contributed by atoms with Crippen LogP contribution < -0.4 is 15.4 Å². The first-order chi connectivity index (χ1) is 18.8. The summed E-state index contributed by atoms with van der Waals surface area (Å²) in [5.74, 6) is -0.879. The molecule has 8 heteroatoms. The number of benzene rings is 2. The molecule has 3 N–H and O–H groups in total. The van der Waals surface area contributed by atoms with Gasteiger partial charge in [-0.2, -0.15) is 0 Å². The molecular formula is C31H40F2N2O4. The highest BCUT2D eigenvalue weighted by Crippen LogP contribution is 2.42. The van der Waals surface area contributed by atoms with E-state index in [2.05, 4.69) is 23.8 Å². The van der Waals surface area contributed by atoms with Crippen LogP contribution in [0.3, 0.4) is 0 Å². The first-order valence-corrected chi connectivity index (χ1v) is 13.6.